The summed E-state index contributed by atoms with van der Waals surface area (Å²) in [7, 11) is 0. The highest BCUT2D eigenvalue weighted by Gasteiger charge is 2.07. The fourth-order valence-corrected chi connectivity index (χ4v) is 1.34. The number of hydrogen-bond donors (Lipinski definition) is 3. The number of rotatable bonds is 5. The minimum atomic E-state index is -0.298. The molecule has 1 heterocycles. The lowest BCUT2D eigenvalue weighted by Gasteiger charge is -2.08. The lowest BCUT2D eigenvalue weighted by molar-refractivity contribution is 0.0942. The van der Waals surface area contributed by atoms with Crippen LogP contribution in [0.4, 0.5) is 5.69 Å². The molecule has 0 unspecified atom stereocenters. The van der Waals surface area contributed by atoms with Crippen molar-refractivity contribution in [3.05, 3.63) is 36.2 Å². The number of nitrogens with two attached hydrogens (primary N) is 1. The maximum Gasteiger partial charge on any atom is 0.273 e. The summed E-state index contributed by atoms with van der Waals surface area (Å²) in [6.45, 7) is 0.692. The third-order valence-electron chi connectivity index (χ3n) is 2.21. The summed E-state index contributed by atoms with van der Waals surface area (Å²) in [5.74, 6) is 0.307. The highest BCUT2D eigenvalue weighted by atomic mass is 16.5. The van der Waals surface area contributed by atoms with Crippen LogP contribution in [0.25, 0.3) is 0 Å². The molecule has 0 spiro atoms. The van der Waals surface area contributed by atoms with E-state index in [4.69, 9.17) is 10.5 Å². The van der Waals surface area contributed by atoms with Crippen LogP contribution in [0, 0.1) is 0 Å². The van der Waals surface area contributed by atoms with Gasteiger partial charge in [-0.2, -0.15) is 15.4 Å². The standard InChI is InChI=1S/C11H13N5O2/c12-8-3-1-2-4-10(8)18-6-5-13-11(17)9-7-14-16-15-9/h1-4,7H,5-6,12H2,(H,13,17)(H,14,15,16). The van der Waals surface area contributed by atoms with Crippen LogP contribution in [0.5, 0.6) is 5.75 Å². The lowest BCUT2D eigenvalue weighted by atomic mass is 10.3. The van der Waals surface area contributed by atoms with Crippen molar-refractivity contribution >= 4 is 11.6 Å². The number of hydrogen-bond acceptors (Lipinski definition) is 5. The van der Waals surface area contributed by atoms with Crippen molar-refractivity contribution in [1.29, 1.82) is 0 Å². The number of amides is 1. The van der Waals surface area contributed by atoms with Crippen LogP contribution < -0.4 is 15.8 Å². The van der Waals surface area contributed by atoms with Crippen molar-refractivity contribution in [1.82, 2.24) is 20.7 Å². The van der Waals surface area contributed by atoms with Crippen LogP contribution in [0.2, 0.25) is 0 Å². The van der Waals surface area contributed by atoms with Gasteiger partial charge in [-0.3, -0.25) is 4.79 Å². The normalized spacial score (nSPS) is 10.0. The number of nitrogens with one attached hydrogen (secondary N) is 2. The van der Waals surface area contributed by atoms with Gasteiger partial charge in [0.2, 0.25) is 0 Å². The number of anilines is 1. The molecule has 1 aromatic heterocycles. The Morgan fingerprint density at radius 1 is 1.44 bits per heavy atom. The smallest absolute Gasteiger partial charge is 0.273 e. The van der Waals surface area contributed by atoms with Gasteiger partial charge in [0.05, 0.1) is 18.4 Å². The number of nitrogen functional groups attached to an aromatic ring is 1. The monoisotopic (exact) mass is 247 g/mol. The average Bonchev–Trinajstić information content (AvgIpc) is 2.90. The number of benzene rings is 1. The van der Waals surface area contributed by atoms with E-state index in [-0.39, 0.29) is 11.6 Å². The van der Waals surface area contributed by atoms with Crippen molar-refractivity contribution in [3.8, 4) is 5.75 Å². The second-order valence-corrected chi connectivity index (χ2v) is 3.50. The molecular weight excluding hydrogens is 234 g/mol. The number of H-pyrrole nitrogens is 1. The van der Waals surface area contributed by atoms with Gasteiger partial charge in [0.25, 0.3) is 5.91 Å². The molecule has 1 amide bonds. The van der Waals surface area contributed by atoms with Crippen molar-refractivity contribution in [2.24, 2.45) is 0 Å². The molecule has 0 radical (unpaired) electrons. The molecule has 0 saturated carbocycles. The zero-order valence-electron chi connectivity index (χ0n) is 9.59. The van der Waals surface area contributed by atoms with Crippen molar-refractivity contribution in [2.45, 2.75) is 0 Å². The molecule has 0 atom stereocenters. The molecule has 4 N–H and O–H groups in total. The van der Waals surface area contributed by atoms with Crippen molar-refractivity contribution in [3.63, 3.8) is 0 Å². The Bertz CT molecular complexity index is 512. The molecule has 0 fully saturated rings. The molecule has 2 rings (SSSR count). The van der Waals surface area contributed by atoms with Gasteiger partial charge in [0, 0.05) is 0 Å². The second kappa shape index (κ2) is 5.67. The van der Waals surface area contributed by atoms with E-state index in [1.807, 2.05) is 12.1 Å². The van der Waals surface area contributed by atoms with E-state index in [9.17, 15) is 4.79 Å². The Kier molecular flexibility index (Phi) is 3.75. The molecule has 0 aliphatic heterocycles. The molecule has 0 aliphatic carbocycles. The molecule has 94 valence electrons. The summed E-state index contributed by atoms with van der Waals surface area (Å²) >= 11 is 0. The Balaban J connectivity index is 1.74. The summed E-state index contributed by atoms with van der Waals surface area (Å²) in [6, 6.07) is 7.19. The molecule has 18 heavy (non-hydrogen) atoms. The summed E-state index contributed by atoms with van der Waals surface area (Å²) in [6.07, 6.45) is 1.35. The van der Waals surface area contributed by atoms with Crippen LogP contribution in [0.15, 0.2) is 30.5 Å². The first-order valence-corrected chi connectivity index (χ1v) is 5.38. The van der Waals surface area contributed by atoms with Crippen molar-refractivity contribution in [2.75, 3.05) is 18.9 Å². The first kappa shape index (κ1) is 11.9. The first-order chi connectivity index (χ1) is 8.77. The summed E-state index contributed by atoms with van der Waals surface area (Å²) in [5.41, 5.74) is 6.52. The molecular formula is C11H13N5O2. The topological polar surface area (TPSA) is 106 Å². The van der Waals surface area contributed by atoms with E-state index < -0.39 is 0 Å². The van der Waals surface area contributed by atoms with E-state index in [2.05, 4.69) is 20.7 Å². The Labute approximate surface area is 103 Å². The van der Waals surface area contributed by atoms with E-state index in [0.717, 1.165) is 0 Å². The van der Waals surface area contributed by atoms with Gasteiger partial charge in [-0.25, -0.2) is 0 Å². The Hall–Kier alpha value is -2.57. The fourth-order valence-electron chi connectivity index (χ4n) is 1.34. The molecule has 0 aliphatic rings. The number of aromatic amines is 1. The van der Waals surface area contributed by atoms with E-state index in [0.29, 0.717) is 24.6 Å². The van der Waals surface area contributed by atoms with Crippen LogP contribution in [-0.4, -0.2) is 34.5 Å². The van der Waals surface area contributed by atoms with E-state index >= 15 is 0 Å². The number of aromatic nitrogens is 3. The largest absolute Gasteiger partial charge is 0.490 e. The number of ether oxygens (including phenoxy) is 1. The van der Waals surface area contributed by atoms with Gasteiger partial charge >= 0.3 is 0 Å². The van der Waals surface area contributed by atoms with E-state index in [1.54, 1.807) is 12.1 Å². The van der Waals surface area contributed by atoms with Gasteiger partial charge in [-0.05, 0) is 12.1 Å². The van der Waals surface area contributed by atoms with Gasteiger partial charge in [0.1, 0.15) is 12.4 Å². The van der Waals surface area contributed by atoms with Gasteiger partial charge in [0.15, 0.2) is 5.69 Å². The molecule has 7 nitrogen and oxygen atoms in total. The third-order valence-corrected chi connectivity index (χ3v) is 2.21. The molecule has 0 bridgehead atoms. The minimum absolute atomic E-state index is 0.245. The molecule has 0 saturated heterocycles. The van der Waals surface area contributed by atoms with Crippen LogP contribution in [0.3, 0.4) is 0 Å². The highest BCUT2D eigenvalue weighted by molar-refractivity contribution is 5.91. The third kappa shape index (κ3) is 2.97. The maximum atomic E-state index is 11.5. The number of nitrogens with zero attached hydrogens (tertiary/aromatic N) is 2. The predicted octanol–water partition coefficient (Wildman–Crippen LogP) is 0.196. The zero-order valence-corrected chi connectivity index (χ0v) is 9.59. The second-order valence-electron chi connectivity index (χ2n) is 3.50. The summed E-state index contributed by atoms with van der Waals surface area (Å²) in [5, 5.41) is 12.2. The molecule has 2 aromatic rings. The van der Waals surface area contributed by atoms with Gasteiger partial charge in [-0.1, -0.05) is 12.1 Å². The van der Waals surface area contributed by atoms with E-state index in [1.165, 1.54) is 6.20 Å². The SMILES string of the molecule is Nc1ccccc1OCCNC(=O)c1cn[nH]n1. The van der Waals surface area contributed by atoms with Crippen LogP contribution >= 0.6 is 0 Å². The maximum absolute atomic E-state index is 11.5. The number of carbonyl (C=O) groups excluding carboxylic acids is 1. The van der Waals surface area contributed by atoms with Crippen LogP contribution in [-0.2, 0) is 0 Å². The summed E-state index contributed by atoms with van der Waals surface area (Å²) < 4.78 is 5.42. The van der Waals surface area contributed by atoms with Gasteiger partial charge < -0.3 is 15.8 Å². The predicted molar refractivity (Wildman–Crippen MR) is 65.1 cm³/mol. The quantitative estimate of drug-likeness (QED) is 0.517. The van der Waals surface area contributed by atoms with Crippen LogP contribution in [0.1, 0.15) is 10.5 Å². The Morgan fingerprint density at radius 3 is 3.00 bits per heavy atom. The molecule has 1 aromatic carbocycles. The lowest BCUT2D eigenvalue weighted by Crippen LogP contribution is -2.28. The highest BCUT2D eigenvalue weighted by Crippen LogP contribution is 2.19. The number of para-hydroxylation sites is 2. The van der Waals surface area contributed by atoms with Gasteiger partial charge in [-0.15, -0.1) is 0 Å². The molecule has 7 heteroatoms. The van der Waals surface area contributed by atoms with Crippen molar-refractivity contribution < 1.29 is 9.53 Å². The average molecular weight is 247 g/mol. The minimum Gasteiger partial charge on any atom is -0.490 e. The zero-order chi connectivity index (χ0) is 12.8. The summed E-state index contributed by atoms with van der Waals surface area (Å²) in [4.78, 5) is 11.5. The first-order valence-electron chi connectivity index (χ1n) is 5.38. The Morgan fingerprint density at radius 2 is 2.28 bits per heavy atom. The fraction of sp³-hybridized carbons (Fsp3) is 0.182. The number of carbonyl (C=O) groups is 1.